The van der Waals surface area contributed by atoms with E-state index in [2.05, 4.69) is 15.5 Å². The molecule has 5 rings (SSSR count). The van der Waals surface area contributed by atoms with Crippen molar-refractivity contribution in [3.63, 3.8) is 0 Å². The molecule has 1 fully saturated rings. The topological polar surface area (TPSA) is 123 Å². The van der Waals surface area contributed by atoms with Crippen molar-refractivity contribution >= 4 is 23.2 Å². The minimum Gasteiger partial charge on any atom is -0.493 e. The van der Waals surface area contributed by atoms with Crippen LogP contribution >= 0.6 is 11.6 Å². The standard InChI is InChI=1S/C26H26ClN5O6/c1-4-36-19-11-10-16(27)12-18(19)24-29-30-25(38-24)21-14-35-13-20(37-21)23(33)28-22-15(2)31(3)32(26(22)34)17-8-6-5-7-9-17/h5-12,20-21H,4,13-14H2,1-3H3,(H,28,33)/t20-,21+/m0/s1. The summed E-state index contributed by atoms with van der Waals surface area (Å²) in [6.45, 7) is 4.19. The predicted molar refractivity (Wildman–Crippen MR) is 139 cm³/mol. The number of para-hydroxylation sites is 1. The second-order valence-corrected chi connectivity index (χ2v) is 9.03. The number of carbonyl (C=O) groups is 1. The molecule has 12 heteroatoms. The lowest BCUT2D eigenvalue weighted by atomic mass is 10.2. The largest absolute Gasteiger partial charge is 0.493 e. The van der Waals surface area contributed by atoms with E-state index in [1.165, 1.54) is 4.68 Å². The number of amides is 1. The number of anilines is 1. The third-order valence-corrected chi connectivity index (χ3v) is 6.38. The van der Waals surface area contributed by atoms with Crippen LogP contribution in [0.2, 0.25) is 5.02 Å². The van der Waals surface area contributed by atoms with Gasteiger partial charge in [0.2, 0.25) is 5.89 Å². The third-order valence-electron chi connectivity index (χ3n) is 6.15. The van der Waals surface area contributed by atoms with Crippen LogP contribution in [0, 0.1) is 6.92 Å². The quantitative estimate of drug-likeness (QED) is 0.377. The Balaban J connectivity index is 1.33. The maximum Gasteiger partial charge on any atom is 0.295 e. The van der Waals surface area contributed by atoms with E-state index < -0.39 is 18.1 Å². The molecule has 0 spiro atoms. The van der Waals surface area contributed by atoms with Crippen molar-refractivity contribution in [1.82, 2.24) is 19.6 Å². The van der Waals surface area contributed by atoms with Gasteiger partial charge in [0, 0.05) is 12.1 Å². The van der Waals surface area contributed by atoms with Gasteiger partial charge in [0.25, 0.3) is 17.4 Å². The molecule has 1 saturated heterocycles. The van der Waals surface area contributed by atoms with Crippen LogP contribution < -0.4 is 15.6 Å². The molecular formula is C26H26ClN5O6. The molecule has 0 bridgehead atoms. The van der Waals surface area contributed by atoms with Gasteiger partial charge in [-0.2, -0.15) is 0 Å². The first-order valence-corrected chi connectivity index (χ1v) is 12.4. The van der Waals surface area contributed by atoms with Crippen molar-refractivity contribution in [3.8, 4) is 22.9 Å². The van der Waals surface area contributed by atoms with Crippen LogP contribution in [-0.2, 0) is 21.3 Å². The monoisotopic (exact) mass is 539 g/mol. The highest BCUT2D eigenvalue weighted by Crippen LogP contribution is 2.34. The van der Waals surface area contributed by atoms with E-state index in [-0.39, 0.29) is 36.2 Å². The van der Waals surface area contributed by atoms with Crippen LogP contribution in [0.4, 0.5) is 5.69 Å². The number of rotatable bonds is 7. The summed E-state index contributed by atoms with van der Waals surface area (Å²) in [4.78, 5) is 26.3. The van der Waals surface area contributed by atoms with Crippen LogP contribution in [0.3, 0.4) is 0 Å². The third kappa shape index (κ3) is 4.95. The number of hydrogen-bond donors (Lipinski definition) is 1. The van der Waals surface area contributed by atoms with Gasteiger partial charge >= 0.3 is 0 Å². The van der Waals surface area contributed by atoms with Crippen molar-refractivity contribution < 1.29 is 23.4 Å². The van der Waals surface area contributed by atoms with Gasteiger partial charge in [-0.1, -0.05) is 29.8 Å². The summed E-state index contributed by atoms with van der Waals surface area (Å²) >= 11 is 6.15. The summed E-state index contributed by atoms with van der Waals surface area (Å²) in [6.07, 6.45) is -1.79. The Morgan fingerprint density at radius 1 is 1.18 bits per heavy atom. The molecule has 1 aliphatic heterocycles. The van der Waals surface area contributed by atoms with Crippen LogP contribution in [0.25, 0.3) is 17.1 Å². The first kappa shape index (κ1) is 25.7. The minimum atomic E-state index is -1.00. The zero-order chi connectivity index (χ0) is 26.8. The number of benzene rings is 2. The molecule has 0 aliphatic carbocycles. The average molecular weight is 540 g/mol. The van der Waals surface area contributed by atoms with Gasteiger partial charge in [-0.25, -0.2) is 4.68 Å². The zero-order valence-corrected chi connectivity index (χ0v) is 21.8. The van der Waals surface area contributed by atoms with Gasteiger partial charge in [0.15, 0.2) is 12.2 Å². The summed E-state index contributed by atoms with van der Waals surface area (Å²) in [7, 11) is 1.75. The predicted octanol–water partition coefficient (Wildman–Crippen LogP) is 3.68. The summed E-state index contributed by atoms with van der Waals surface area (Å²) < 4.78 is 26.2. The molecule has 3 heterocycles. The Hall–Kier alpha value is -3.93. The summed E-state index contributed by atoms with van der Waals surface area (Å²) in [5.41, 5.74) is 1.62. The van der Waals surface area contributed by atoms with Crippen molar-refractivity contribution in [2.75, 3.05) is 25.1 Å². The molecule has 11 nitrogen and oxygen atoms in total. The maximum absolute atomic E-state index is 13.2. The maximum atomic E-state index is 13.2. The normalized spacial score (nSPS) is 17.4. The number of aromatic nitrogens is 4. The Kier molecular flexibility index (Phi) is 7.32. The van der Waals surface area contributed by atoms with E-state index in [0.717, 1.165) is 0 Å². The molecule has 2 aromatic carbocycles. The molecule has 4 aromatic rings. The Labute approximate surface area is 222 Å². The fourth-order valence-corrected chi connectivity index (χ4v) is 4.34. The van der Waals surface area contributed by atoms with Crippen LogP contribution in [0.1, 0.15) is 24.6 Å². The number of nitrogens with zero attached hydrogens (tertiary/aromatic N) is 4. The fraction of sp³-hybridized carbons (Fsp3) is 0.308. The molecule has 2 atom stereocenters. The molecule has 1 amide bonds. The molecular weight excluding hydrogens is 514 g/mol. The second kappa shape index (κ2) is 10.8. The smallest absolute Gasteiger partial charge is 0.295 e. The van der Waals surface area contributed by atoms with E-state index in [0.29, 0.717) is 34.3 Å². The average Bonchev–Trinajstić information content (AvgIpc) is 3.50. The lowest BCUT2D eigenvalue weighted by Crippen LogP contribution is -2.41. The van der Waals surface area contributed by atoms with E-state index >= 15 is 0 Å². The zero-order valence-electron chi connectivity index (χ0n) is 21.0. The lowest BCUT2D eigenvalue weighted by Gasteiger charge is -2.27. The van der Waals surface area contributed by atoms with Crippen LogP contribution in [0.15, 0.2) is 57.7 Å². The van der Waals surface area contributed by atoms with E-state index in [1.54, 1.807) is 36.9 Å². The first-order chi connectivity index (χ1) is 18.4. The second-order valence-electron chi connectivity index (χ2n) is 8.60. The van der Waals surface area contributed by atoms with Gasteiger partial charge in [0.1, 0.15) is 11.4 Å². The van der Waals surface area contributed by atoms with Gasteiger partial charge in [0.05, 0.1) is 36.8 Å². The van der Waals surface area contributed by atoms with E-state index in [4.69, 9.17) is 30.2 Å². The van der Waals surface area contributed by atoms with Crippen LogP contribution in [0.5, 0.6) is 5.75 Å². The molecule has 0 radical (unpaired) electrons. The molecule has 1 aliphatic rings. The SMILES string of the molecule is CCOc1ccc(Cl)cc1-c1nnc([C@H]2COC[C@@H](C(=O)Nc3c(C)n(C)n(-c4ccccc4)c3=O)O2)o1. The Morgan fingerprint density at radius 3 is 2.74 bits per heavy atom. The van der Waals surface area contributed by atoms with Crippen molar-refractivity contribution in [3.05, 3.63) is 75.5 Å². The Morgan fingerprint density at radius 2 is 1.97 bits per heavy atom. The molecule has 198 valence electrons. The van der Waals surface area contributed by atoms with Gasteiger partial charge in [-0.15, -0.1) is 10.2 Å². The number of hydrogen-bond acceptors (Lipinski definition) is 8. The highest BCUT2D eigenvalue weighted by molar-refractivity contribution is 6.30. The number of halogens is 1. The highest BCUT2D eigenvalue weighted by atomic mass is 35.5. The van der Waals surface area contributed by atoms with Crippen molar-refractivity contribution in [2.45, 2.75) is 26.1 Å². The highest BCUT2D eigenvalue weighted by Gasteiger charge is 2.34. The number of ether oxygens (including phenoxy) is 3. The first-order valence-electron chi connectivity index (χ1n) is 12.0. The van der Waals surface area contributed by atoms with E-state index in [9.17, 15) is 9.59 Å². The number of nitrogens with one attached hydrogen (secondary N) is 1. The summed E-state index contributed by atoms with van der Waals surface area (Å²) in [5.74, 6) is 0.364. The molecule has 0 unspecified atom stereocenters. The Bertz CT molecular complexity index is 1510. The van der Waals surface area contributed by atoms with Crippen LogP contribution in [-0.4, -0.2) is 51.4 Å². The molecule has 38 heavy (non-hydrogen) atoms. The van der Waals surface area contributed by atoms with Gasteiger partial charge < -0.3 is 23.9 Å². The molecule has 2 aromatic heterocycles. The minimum absolute atomic E-state index is 0.00483. The fourth-order valence-electron chi connectivity index (χ4n) is 4.17. The number of carbonyl (C=O) groups excluding carboxylic acids is 1. The summed E-state index contributed by atoms with van der Waals surface area (Å²) in [5, 5.41) is 11.4. The van der Waals surface area contributed by atoms with Gasteiger partial charge in [-0.3, -0.25) is 14.3 Å². The van der Waals surface area contributed by atoms with Gasteiger partial charge in [-0.05, 0) is 44.2 Å². The van der Waals surface area contributed by atoms with Crippen molar-refractivity contribution in [2.24, 2.45) is 7.05 Å². The van der Waals surface area contributed by atoms with E-state index in [1.807, 2.05) is 37.3 Å². The summed E-state index contributed by atoms with van der Waals surface area (Å²) in [6, 6.07) is 14.3. The molecule has 0 saturated carbocycles. The molecule has 1 N–H and O–H groups in total. The lowest BCUT2D eigenvalue weighted by molar-refractivity contribution is -0.164. The van der Waals surface area contributed by atoms with Crippen molar-refractivity contribution in [1.29, 1.82) is 0 Å².